The molecule has 9 nitrogen and oxygen atoms in total. The molecule has 0 radical (unpaired) electrons. The summed E-state index contributed by atoms with van der Waals surface area (Å²) in [6.07, 6.45) is -2.84. The summed E-state index contributed by atoms with van der Waals surface area (Å²) in [4.78, 5) is 21.4. The van der Waals surface area contributed by atoms with E-state index in [2.05, 4.69) is 25.4 Å². The third kappa shape index (κ3) is 4.62. The van der Waals surface area contributed by atoms with Crippen molar-refractivity contribution >= 4 is 34.1 Å². The van der Waals surface area contributed by atoms with Gasteiger partial charge in [0.2, 0.25) is 5.91 Å². The monoisotopic (exact) mass is 539 g/mol. The number of carbonyl (C=O) groups excluding carboxylic acids is 1. The van der Waals surface area contributed by atoms with E-state index < -0.39 is 17.8 Å². The molecular weight excluding hydrogens is 511 g/mol. The molecule has 4 aromatic rings. The van der Waals surface area contributed by atoms with Crippen molar-refractivity contribution in [3.63, 3.8) is 0 Å². The second-order valence-electron chi connectivity index (χ2n) is 10.1. The van der Waals surface area contributed by atoms with E-state index in [0.717, 1.165) is 22.7 Å². The fourth-order valence-electron chi connectivity index (χ4n) is 5.40. The van der Waals surface area contributed by atoms with Gasteiger partial charge in [0.1, 0.15) is 12.1 Å². The average molecular weight is 540 g/mol. The Labute approximate surface area is 222 Å². The van der Waals surface area contributed by atoms with Gasteiger partial charge in [-0.3, -0.25) is 9.20 Å². The number of amides is 1. The molecule has 2 aliphatic rings. The van der Waals surface area contributed by atoms with Gasteiger partial charge in [0, 0.05) is 37.3 Å². The molecule has 1 atom stereocenters. The summed E-state index contributed by atoms with van der Waals surface area (Å²) in [6, 6.07) is 9.77. The van der Waals surface area contributed by atoms with E-state index in [1.54, 1.807) is 16.8 Å². The van der Waals surface area contributed by atoms with Crippen LogP contribution in [0.15, 0.2) is 42.7 Å². The highest BCUT2D eigenvalue weighted by atomic mass is 19.4. The van der Waals surface area contributed by atoms with Crippen molar-refractivity contribution in [2.24, 2.45) is 5.92 Å². The molecule has 2 saturated heterocycles. The zero-order chi connectivity index (χ0) is 27.3. The minimum absolute atomic E-state index is 0.0226. The second kappa shape index (κ2) is 9.67. The summed E-state index contributed by atoms with van der Waals surface area (Å²) in [5.41, 5.74) is 1.86. The van der Waals surface area contributed by atoms with E-state index >= 15 is 0 Å². The van der Waals surface area contributed by atoms with Gasteiger partial charge in [-0.25, -0.2) is 0 Å². The number of fused-ring (bicyclic) bond motifs is 3. The number of nitrogens with one attached hydrogen (secondary N) is 1. The van der Waals surface area contributed by atoms with E-state index in [-0.39, 0.29) is 17.4 Å². The first kappa shape index (κ1) is 25.4. The van der Waals surface area contributed by atoms with Crippen molar-refractivity contribution in [1.82, 2.24) is 24.5 Å². The highest BCUT2D eigenvalue weighted by Crippen LogP contribution is 2.36. The van der Waals surface area contributed by atoms with Crippen molar-refractivity contribution in [2.75, 3.05) is 49.6 Å². The summed E-state index contributed by atoms with van der Waals surface area (Å²) >= 11 is 0. The van der Waals surface area contributed by atoms with E-state index in [1.165, 1.54) is 13.0 Å². The summed E-state index contributed by atoms with van der Waals surface area (Å²) < 4.78 is 47.5. The zero-order valence-electron chi connectivity index (χ0n) is 21.6. The lowest BCUT2D eigenvalue weighted by Crippen LogP contribution is -2.53. The molecule has 204 valence electrons. The SMILES string of the molecule is Cc1c([C@@H](C)Nc2nc3nncn3c3ccc(N4CCN(C(=O)C5COC5)CC4)cc23)cccc1C(F)(F)F. The Bertz CT molecular complexity index is 1540. The Balaban J connectivity index is 1.30. The van der Waals surface area contributed by atoms with Crippen molar-refractivity contribution < 1.29 is 22.7 Å². The average Bonchev–Trinajstić information content (AvgIpc) is 3.35. The van der Waals surface area contributed by atoms with Gasteiger partial charge in [0.15, 0.2) is 0 Å². The highest BCUT2D eigenvalue weighted by molar-refractivity contribution is 5.94. The number of aromatic nitrogens is 4. The maximum absolute atomic E-state index is 13.5. The number of benzene rings is 2. The number of halogens is 3. The molecule has 0 spiro atoms. The normalized spacial score (nSPS) is 17.5. The predicted molar refractivity (Wildman–Crippen MR) is 140 cm³/mol. The van der Waals surface area contributed by atoms with Crippen molar-refractivity contribution in [3.8, 4) is 0 Å². The zero-order valence-corrected chi connectivity index (χ0v) is 21.6. The molecule has 0 unspecified atom stereocenters. The molecule has 0 aliphatic carbocycles. The Morgan fingerprint density at radius 2 is 1.90 bits per heavy atom. The molecule has 39 heavy (non-hydrogen) atoms. The Morgan fingerprint density at radius 3 is 2.59 bits per heavy atom. The molecule has 1 amide bonds. The van der Waals surface area contributed by atoms with Crippen molar-refractivity contribution in [3.05, 3.63) is 59.4 Å². The summed E-state index contributed by atoms with van der Waals surface area (Å²) in [5.74, 6) is 1.03. The van der Waals surface area contributed by atoms with Gasteiger partial charge in [-0.1, -0.05) is 12.1 Å². The molecule has 2 aliphatic heterocycles. The quantitative estimate of drug-likeness (QED) is 0.409. The topological polar surface area (TPSA) is 87.9 Å². The smallest absolute Gasteiger partial charge is 0.380 e. The van der Waals surface area contributed by atoms with Gasteiger partial charge in [-0.2, -0.15) is 18.2 Å². The number of anilines is 2. The third-order valence-electron chi connectivity index (χ3n) is 7.68. The van der Waals surface area contributed by atoms with Crippen LogP contribution in [-0.4, -0.2) is 69.8 Å². The number of carbonyl (C=O) groups is 1. The lowest BCUT2D eigenvalue weighted by atomic mass is 9.97. The Hall–Kier alpha value is -3.93. The van der Waals surface area contributed by atoms with E-state index in [0.29, 0.717) is 56.6 Å². The molecular formula is C27H28F3N7O2. The second-order valence-corrected chi connectivity index (χ2v) is 10.1. The van der Waals surface area contributed by atoms with Crippen LogP contribution in [-0.2, 0) is 15.7 Å². The van der Waals surface area contributed by atoms with Crippen molar-refractivity contribution in [1.29, 1.82) is 0 Å². The van der Waals surface area contributed by atoms with E-state index in [9.17, 15) is 18.0 Å². The molecule has 2 aromatic carbocycles. The van der Waals surface area contributed by atoms with E-state index in [1.807, 2.05) is 30.0 Å². The maximum atomic E-state index is 13.5. The van der Waals surface area contributed by atoms with Crippen LogP contribution in [0.4, 0.5) is 24.7 Å². The number of piperazine rings is 1. The molecule has 6 rings (SSSR count). The highest BCUT2D eigenvalue weighted by Gasteiger charge is 2.34. The largest absolute Gasteiger partial charge is 0.416 e. The van der Waals surface area contributed by atoms with Gasteiger partial charge in [-0.05, 0) is 49.2 Å². The standard InChI is InChI=1S/C27H28F3N7O2/c1-16-20(4-3-5-22(16)27(28,29)30)17(2)32-24-21-12-19(6-7-23(21)37-15-31-34-26(37)33-24)35-8-10-36(11-9-35)25(38)18-13-39-14-18/h3-7,12,15,17-18H,8-11,13-14H2,1-2H3,(H,32,33,34)/t17-/m1/s1. The summed E-state index contributed by atoms with van der Waals surface area (Å²) in [6.45, 7) is 6.96. The van der Waals surface area contributed by atoms with Gasteiger partial charge in [-0.15, -0.1) is 10.2 Å². The van der Waals surface area contributed by atoms with Crippen molar-refractivity contribution in [2.45, 2.75) is 26.1 Å². The van der Waals surface area contributed by atoms with Crippen LogP contribution >= 0.6 is 0 Å². The number of ether oxygens (including phenoxy) is 1. The van der Waals surface area contributed by atoms with Crippen LogP contribution < -0.4 is 10.2 Å². The molecule has 12 heteroatoms. The number of hydrogen-bond donors (Lipinski definition) is 1. The molecule has 2 fully saturated rings. The maximum Gasteiger partial charge on any atom is 0.416 e. The third-order valence-corrected chi connectivity index (χ3v) is 7.68. The van der Waals surface area contributed by atoms with Crippen LogP contribution in [0.2, 0.25) is 0 Å². The first-order valence-electron chi connectivity index (χ1n) is 12.9. The van der Waals surface area contributed by atoms with Crippen LogP contribution in [0.3, 0.4) is 0 Å². The molecule has 0 saturated carbocycles. The van der Waals surface area contributed by atoms with Gasteiger partial charge in [0.05, 0.1) is 36.3 Å². The van der Waals surface area contributed by atoms with Gasteiger partial charge in [0.25, 0.3) is 5.78 Å². The van der Waals surface area contributed by atoms with Crippen LogP contribution in [0.1, 0.15) is 29.7 Å². The first-order valence-corrected chi connectivity index (χ1v) is 12.9. The fourth-order valence-corrected chi connectivity index (χ4v) is 5.40. The van der Waals surface area contributed by atoms with Gasteiger partial charge < -0.3 is 19.9 Å². The summed E-state index contributed by atoms with van der Waals surface area (Å²) in [7, 11) is 0. The van der Waals surface area contributed by atoms with Gasteiger partial charge >= 0.3 is 6.18 Å². The fraction of sp³-hybridized carbons (Fsp3) is 0.407. The first-order chi connectivity index (χ1) is 18.7. The van der Waals surface area contributed by atoms with Crippen LogP contribution in [0.5, 0.6) is 0 Å². The molecule has 2 aromatic heterocycles. The van der Waals surface area contributed by atoms with E-state index in [4.69, 9.17) is 4.74 Å². The Morgan fingerprint density at radius 1 is 1.13 bits per heavy atom. The Kier molecular flexibility index (Phi) is 6.29. The molecule has 1 N–H and O–H groups in total. The summed E-state index contributed by atoms with van der Waals surface area (Å²) in [5, 5.41) is 12.2. The minimum atomic E-state index is -4.43. The molecule has 4 heterocycles. The lowest BCUT2D eigenvalue weighted by molar-refractivity contribution is -0.150. The molecule has 0 bridgehead atoms. The lowest BCUT2D eigenvalue weighted by Gasteiger charge is -2.39. The number of rotatable bonds is 5. The van der Waals surface area contributed by atoms with Crippen LogP contribution in [0, 0.1) is 12.8 Å². The number of nitrogens with zero attached hydrogens (tertiary/aromatic N) is 6. The number of alkyl halides is 3. The number of hydrogen-bond acceptors (Lipinski definition) is 7. The minimum Gasteiger partial charge on any atom is -0.380 e. The van der Waals surface area contributed by atoms with Crippen LogP contribution in [0.25, 0.3) is 16.7 Å². The predicted octanol–water partition coefficient (Wildman–Crippen LogP) is 4.07.